The van der Waals surface area contributed by atoms with E-state index in [1.165, 1.54) is 6.20 Å². The third kappa shape index (κ3) is 4.56. The molecule has 7 nitrogen and oxygen atoms in total. The van der Waals surface area contributed by atoms with Gasteiger partial charge in [-0.1, -0.05) is 0 Å². The first-order valence-corrected chi connectivity index (χ1v) is 7.21. The first-order valence-electron chi connectivity index (χ1n) is 7.21. The lowest BCUT2D eigenvalue weighted by atomic mass is 10.2. The van der Waals surface area contributed by atoms with E-state index in [9.17, 15) is 9.59 Å². The zero-order valence-electron chi connectivity index (χ0n) is 13.2. The van der Waals surface area contributed by atoms with E-state index in [1.54, 1.807) is 23.6 Å². The lowest BCUT2D eigenvalue weighted by Gasteiger charge is -2.18. The Labute approximate surface area is 125 Å². The van der Waals surface area contributed by atoms with E-state index >= 15 is 0 Å². The fourth-order valence-corrected chi connectivity index (χ4v) is 2.03. The third-order valence-electron chi connectivity index (χ3n) is 3.24. The summed E-state index contributed by atoms with van der Waals surface area (Å²) >= 11 is 0. The molecule has 7 heteroatoms. The van der Waals surface area contributed by atoms with Gasteiger partial charge in [-0.25, -0.2) is 4.79 Å². The van der Waals surface area contributed by atoms with Crippen LogP contribution in [0, 0.1) is 0 Å². The van der Waals surface area contributed by atoms with Gasteiger partial charge in [0.1, 0.15) is 5.56 Å². The van der Waals surface area contributed by atoms with Crippen LogP contribution in [0.15, 0.2) is 6.20 Å². The molecule has 0 fully saturated rings. The Morgan fingerprint density at radius 3 is 2.57 bits per heavy atom. The summed E-state index contributed by atoms with van der Waals surface area (Å²) in [6, 6.07) is 0. The van der Waals surface area contributed by atoms with Crippen LogP contribution in [0.2, 0.25) is 0 Å². The van der Waals surface area contributed by atoms with E-state index in [0.717, 1.165) is 0 Å². The van der Waals surface area contributed by atoms with Gasteiger partial charge in [-0.2, -0.15) is 5.10 Å². The zero-order valence-corrected chi connectivity index (χ0v) is 13.2. The summed E-state index contributed by atoms with van der Waals surface area (Å²) in [5, 5.41) is 7.12. The first-order chi connectivity index (χ1) is 10.0. The predicted molar refractivity (Wildman–Crippen MR) is 78.8 cm³/mol. The second-order valence-corrected chi connectivity index (χ2v) is 4.52. The van der Waals surface area contributed by atoms with Crippen molar-refractivity contribution in [3.63, 3.8) is 0 Å². The molecule has 0 bridgehead atoms. The number of aryl methyl sites for hydroxylation is 1. The van der Waals surface area contributed by atoms with Gasteiger partial charge >= 0.3 is 5.97 Å². The van der Waals surface area contributed by atoms with Gasteiger partial charge in [-0.15, -0.1) is 0 Å². The van der Waals surface area contributed by atoms with Crippen molar-refractivity contribution in [1.29, 1.82) is 0 Å². The van der Waals surface area contributed by atoms with E-state index < -0.39 is 5.97 Å². The molecule has 0 unspecified atom stereocenters. The summed E-state index contributed by atoms with van der Waals surface area (Å²) in [6.07, 6.45) is 1.49. The molecule has 1 N–H and O–H groups in total. The molecule has 1 heterocycles. The number of nitrogens with zero attached hydrogens (tertiary/aromatic N) is 3. The Morgan fingerprint density at radius 1 is 1.33 bits per heavy atom. The summed E-state index contributed by atoms with van der Waals surface area (Å²) in [7, 11) is 1.76. The summed E-state index contributed by atoms with van der Waals surface area (Å²) in [5.74, 6) is -0.350. The number of carbonyl (C=O) groups excluding carboxylic acids is 2. The smallest absolute Gasteiger partial charge is 0.341 e. The summed E-state index contributed by atoms with van der Waals surface area (Å²) < 4.78 is 6.60. The SMILES string of the molecule is CCOC(=O)c1cnn(C)c1CNCC(=O)N(CC)CC. The second kappa shape index (κ2) is 8.41. The summed E-state index contributed by atoms with van der Waals surface area (Å²) in [4.78, 5) is 25.4. The molecule has 0 aliphatic rings. The molecular weight excluding hydrogens is 272 g/mol. The van der Waals surface area contributed by atoms with E-state index in [4.69, 9.17) is 4.74 Å². The van der Waals surface area contributed by atoms with Crippen LogP contribution >= 0.6 is 0 Å². The molecule has 0 aliphatic carbocycles. The number of esters is 1. The maximum atomic E-state index is 11.9. The Kier molecular flexibility index (Phi) is 6.87. The van der Waals surface area contributed by atoms with Crippen molar-refractivity contribution >= 4 is 11.9 Å². The van der Waals surface area contributed by atoms with E-state index in [0.29, 0.717) is 37.5 Å². The molecule has 1 aromatic heterocycles. The van der Waals surface area contributed by atoms with Crippen molar-refractivity contribution in [2.24, 2.45) is 7.05 Å². The molecule has 1 amide bonds. The van der Waals surface area contributed by atoms with E-state index in [-0.39, 0.29) is 12.5 Å². The molecule has 0 radical (unpaired) electrons. The number of amides is 1. The van der Waals surface area contributed by atoms with Crippen LogP contribution in [0.3, 0.4) is 0 Å². The zero-order chi connectivity index (χ0) is 15.8. The Balaban J connectivity index is 2.61. The molecule has 0 saturated carbocycles. The fourth-order valence-electron chi connectivity index (χ4n) is 2.03. The van der Waals surface area contributed by atoms with Crippen LogP contribution in [-0.4, -0.2) is 52.8 Å². The van der Waals surface area contributed by atoms with Crippen LogP contribution in [-0.2, 0) is 23.1 Å². The van der Waals surface area contributed by atoms with Crippen LogP contribution < -0.4 is 5.32 Å². The maximum Gasteiger partial charge on any atom is 0.341 e. The van der Waals surface area contributed by atoms with Gasteiger partial charge in [0.15, 0.2) is 0 Å². The minimum Gasteiger partial charge on any atom is -0.462 e. The van der Waals surface area contributed by atoms with Gasteiger partial charge in [-0.05, 0) is 20.8 Å². The molecular formula is C14H24N4O3. The van der Waals surface area contributed by atoms with Gasteiger partial charge < -0.3 is 15.0 Å². The number of rotatable bonds is 8. The van der Waals surface area contributed by atoms with Crippen molar-refractivity contribution in [2.75, 3.05) is 26.2 Å². The van der Waals surface area contributed by atoms with Crippen molar-refractivity contribution in [3.8, 4) is 0 Å². The van der Waals surface area contributed by atoms with Crippen LogP contribution in [0.4, 0.5) is 0 Å². The molecule has 1 aromatic rings. The quantitative estimate of drug-likeness (QED) is 0.709. The molecule has 21 heavy (non-hydrogen) atoms. The number of carbonyl (C=O) groups is 2. The topological polar surface area (TPSA) is 76.5 Å². The number of hydrogen-bond donors (Lipinski definition) is 1. The highest BCUT2D eigenvalue weighted by Crippen LogP contribution is 2.09. The standard InChI is InChI=1S/C14H24N4O3/c1-5-18(6-2)13(19)10-15-9-12-11(8-16-17(12)4)14(20)21-7-3/h8,15H,5-7,9-10H2,1-4H3. The van der Waals surface area contributed by atoms with Crippen LogP contribution in [0.25, 0.3) is 0 Å². The predicted octanol–water partition coefficient (Wildman–Crippen LogP) is 0.555. The summed E-state index contributed by atoms with van der Waals surface area (Å²) in [6.45, 7) is 7.97. The Bertz CT molecular complexity index is 481. The minimum absolute atomic E-state index is 0.0415. The van der Waals surface area contributed by atoms with Gasteiger partial charge in [-0.3, -0.25) is 9.48 Å². The Hall–Kier alpha value is -1.89. The van der Waals surface area contributed by atoms with Crippen LogP contribution in [0.1, 0.15) is 36.8 Å². The normalized spacial score (nSPS) is 10.5. The largest absolute Gasteiger partial charge is 0.462 e. The third-order valence-corrected chi connectivity index (χ3v) is 3.24. The Morgan fingerprint density at radius 2 is 2.00 bits per heavy atom. The highest BCUT2D eigenvalue weighted by atomic mass is 16.5. The number of aromatic nitrogens is 2. The molecule has 0 saturated heterocycles. The molecule has 118 valence electrons. The van der Waals surface area contributed by atoms with E-state index in [1.807, 2.05) is 13.8 Å². The molecule has 0 aromatic carbocycles. The number of likely N-dealkylation sites (N-methyl/N-ethyl adjacent to an activating group) is 1. The van der Waals surface area contributed by atoms with Gasteiger partial charge in [0.25, 0.3) is 0 Å². The number of hydrogen-bond acceptors (Lipinski definition) is 5. The number of ether oxygens (including phenoxy) is 1. The monoisotopic (exact) mass is 296 g/mol. The van der Waals surface area contributed by atoms with E-state index in [2.05, 4.69) is 10.4 Å². The van der Waals surface area contributed by atoms with Gasteiger partial charge in [0.05, 0.1) is 25.0 Å². The summed E-state index contributed by atoms with van der Waals surface area (Å²) in [5.41, 5.74) is 1.14. The molecule has 0 spiro atoms. The average Bonchev–Trinajstić information content (AvgIpc) is 2.82. The minimum atomic E-state index is -0.391. The first kappa shape index (κ1) is 17.2. The van der Waals surface area contributed by atoms with Gasteiger partial charge in [0, 0.05) is 26.7 Å². The average molecular weight is 296 g/mol. The fraction of sp³-hybridized carbons (Fsp3) is 0.643. The molecule has 0 atom stereocenters. The van der Waals surface area contributed by atoms with Crippen LogP contribution in [0.5, 0.6) is 0 Å². The second-order valence-electron chi connectivity index (χ2n) is 4.52. The highest BCUT2D eigenvalue weighted by Gasteiger charge is 2.17. The molecule has 1 rings (SSSR count). The van der Waals surface area contributed by atoms with Crippen molar-refractivity contribution in [1.82, 2.24) is 20.0 Å². The van der Waals surface area contributed by atoms with Crippen molar-refractivity contribution in [3.05, 3.63) is 17.5 Å². The van der Waals surface area contributed by atoms with Crippen molar-refractivity contribution in [2.45, 2.75) is 27.3 Å². The molecule has 0 aliphatic heterocycles. The van der Waals surface area contributed by atoms with Gasteiger partial charge in [0.2, 0.25) is 5.91 Å². The number of nitrogens with one attached hydrogen (secondary N) is 1. The maximum absolute atomic E-state index is 11.9. The lowest BCUT2D eigenvalue weighted by molar-refractivity contribution is -0.129. The van der Waals surface area contributed by atoms with Crippen molar-refractivity contribution < 1.29 is 14.3 Å². The lowest BCUT2D eigenvalue weighted by Crippen LogP contribution is -2.38. The highest BCUT2D eigenvalue weighted by molar-refractivity contribution is 5.90.